The largest absolute Gasteiger partial charge is 0.497 e. The van der Waals surface area contributed by atoms with Crippen molar-refractivity contribution in [1.29, 1.82) is 0 Å². The van der Waals surface area contributed by atoms with Gasteiger partial charge >= 0.3 is 0 Å². The Hall–Kier alpha value is -0.980. The second-order valence-electron chi connectivity index (χ2n) is 4.00. The summed E-state index contributed by atoms with van der Waals surface area (Å²) in [4.78, 5) is 0. The zero-order valence-corrected chi connectivity index (χ0v) is 9.63. The zero-order chi connectivity index (χ0) is 10.6. The number of rotatable bonds is 4. The molecule has 0 fully saturated rings. The fraction of sp³-hybridized carbons (Fsp3) is 0.538. The van der Waals surface area contributed by atoms with E-state index in [0.29, 0.717) is 5.41 Å². The van der Waals surface area contributed by atoms with E-state index in [-0.39, 0.29) is 0 Å². The van der Waals surface area contributed by atoms with Crippen LogP contribution in [0.4, 0.5) is 0 Å². The van der Waals surface area contributed by atoms with Gasteiger partial charge < -0.3 is 4.74 Å². The number of hydrogen-bond donors (Lipinski definition) is 0. The molecule has 1 rings (SSSR count). The summed E-state index contributed by atoms with van der Waals surface area (Å²) >= 11 is 0. The van der Waals surface area contributed by atoms with Crippen molar-refractivity contribution in [3.63, 3.8) is 0 Å². The maximum Gasteiger partial charge on any atom is 0.118 e. The SMILES string of the molecule is CCC(C)(CC)c1ccc(OC)cc1. The maximum atomic E-state index is 5.15. The summed E-state index contributed by atoms with van der Waals surface area (Å²) in [6.45, 7) is 6.80. The Kier molecular flexibility index (Phi) is 3.56. The molecule has 0 N–H and O–H groups in total. The van der Waals surface area contributed by atoms with Gasteiger partial charge in [0.2, 0.25) is 0 Å². The van der Waals surface area contributed by atoms with Gasteiger partial charge in [0.25, 0.3) is 0 Å². The van der Waals surface area contributed by atoms with Crippen LogP contribution in [0.2, 0.25) is 0 Å². The first kappa shape index (κ1) is 11.1. The third-order valence-electron chi connectivity index (χ3n) is 3.35. The molecular weight excluding hydrogens is 172 g/mol. The smallest absolute Gasteiger partial charge is 0.118 e. The van der Waals surface area contributed by atoms with Crippen LogP contribution in [-0.4, -0.2) is 7.11 Å². The quantitative estimate of drug-likeness (QED) is 0.705. The van der Waals surface area contributed by atoms with Gasteiger partial charge in [-0.25, -0.2) is 0 Å². The summed E-state index contributed by atoms with van der Waals surface area (Å²) in [6, 6.07) is 8.43. The third-order valence-corrected chi connectivity index (χ3v) is 3.35. The summed E-state index contributed by atoms with van der Waals surface area (Å²) in [6.07, 6.45) is 2.35. The molecule has 1 heteroatoms. The molecule has 0 amide bonds. The van der Waals surface area contributed by atoms with Crippen LogP contribution in [0, 0.1) is 0 Å². The second-order valence-corrected chi connectivity index (χ2v) is 4.00. The molecule has 0 saturated carbocycles. The lowest BCUT2D eigenvalue weighted by atomic mass is 9.78. The number of benzene rings is 1. The molecule has 0 aliphatic carbocycles. The molecule has 1 aromatic rings. The number of hydrogen-bond acceptors (Lipinski definition) is 1. The molecule has 14 heavy (non-hydrogen) atoms. The fourth-order valence-corrected chi connectivity index (χ4v) is 1.65. The fourth-order valence-electron chi connectivity index (χ4n) is 1.65. The molecule has 0 aliphatic heterocycles. The van der Waals surface area contributed by atoms with E-state index in [0.717, 1.165) is 5.75 Å². The minimum absolute atomic E-state index is 0.312. The van der Waals surface area contributed by atoms with Crippen LogP contribution in [-0.2, 0) is 5.41 Å². The first-order chi connectivity index (χ1) is 6.66. The molecule has 0 radical (unpaired) electrons. The van der Waals surface area contributed by atoms with Crippen molar-refractivity contribution in [3.05, 3.63) is 29.8 Å². The highest BCUT2D eigenvalue weighted by Gasteiger charge is 2.21. The van der Waals surface area contributed by atoms with E-state index in [4.69, 9.17) is 4.74 Å². The van der Waals surface area contributed by atoms with Gasteiger partial charge in [-0.05, 0) is 36.0 Å². The summed E-state index contributed by atoms with van der Waals surface area (Å²) in [5.41, 5.74) is 1.72. The first-order valence-electron chi connectivity index (χ1n) is 5.31. The molecule has 0 aliphatic rings. The molecule has 78 valence electrons. The van der Waals surface area contributed by atoms with E-state index < -0.39 is 0 Å². The van der Waals surface area contributed by atoms with Gasteiger partial charge in [-0.1, -0.05) is 32.9 Å². The molecule has 1 aromatic carbocycles. The molecule has 1 nitrogen and oxygen atoms in total. The van der Waals surface area contributed by atoms with E-state index >= 15 is 0 Å². The Labute approximate surface area is 87.1 Å². The molecule has 0 spiro atoms. The predicted octanol–water partition coefficient (Wildman–Crippen LogP) is 3.77. The summed E-state index contributed by atoms with van der Waals surface area (Å²) in [5, 5.41) is 0. The number of methoxy groups -OCH3 is 1. The minimum atomic E-state index is 0.312. The Morgan fingerprint density at radius 1 is 1.07 bits per heavy atom. The van der Waals surface area contributed by atoms with Crippen LogP contribution in [0.3, 0.4) is 0 Å². The molecular formula is C13H20O. The van der Waals surface area contributed by atoms with Crippen molar-refractivity contribution >= 4 is 0 Å². The summed E-state index contributed by atoms with van der Waals surface area (Å²) in [5.74, 6) is 0.934. The lowest BCUT2D eigenvalue weighted by Gasteiger charge is -2.27. The molecule has 0 aromatic heterocycles. The first-order valence-corrected chi connectivity index (χ1v) is 5.31. The lowest BCUT2D eigenvalue weighted by molar-refractivity contribution is 0.411. The van der Waals surface area contributed by atoms with Crippen LogP contribution in [0.5, 0.6) is 5.75 Å². The van der Waals surface area contributed by atoms with Crippen LogP contribution < -0.4 is 4.74 Å². The van der Waals surface area contributed by atoms with Gasteiger partial charge in [0.1, 0.15) is 5.75 Å². The Balaban J connectivity index is 2.95. The van der Waals surface area contributed by atoms with Gasteiger partial charge in [-0.15, -0.1) is 0 Å². The van der Waals surface area contributed by atoms with Crippen molar-refractivity contribution in [2.75, 3.05) is 7.11 Å². The highest BCUT2D eigenvalue weighted by Crippen LogP contribution is 2.31. The molecule has 0 heterocycles. The van der Waals surface area contributed by atoms with E-state index in [2.05, 4.69) is 32.9 Å². The number of ether oxygens (including phenoxy) is 1. The lowest BCUT2D eigenvalue weighted by Crippen LogP contribution is -2.19. The average molecular weight is 192 g/mol. The van der Waals surface area contributed by atoms with Gasteiger partial charge in [0.05, 0.1) is 7.11 Å². The van der Waals surface area contributed by atoms with Crippen molar-refractivity contribution in [1.82, 2.24) is 0 Å². The normalized spacial score (nSPS) is 11.4. The van der Waals surface area contributed by atoms with Crippen molar-refractivity contribution in [3.8, 4) is 5.75 Å². The van der Waals surface area contributed by atoms with Crippen LogP contribution in [0.15, 0.2) is 24.3 Å². The van der Waals surface area contributed by atoms with Crippen molar-refractivity contribution in [2.24, 2.45) is 0 Å². The Morgan fingerprint density at radius 3 is 1.93 bits per heavy atom. The van der Waals surface area contributed by atoms with Gasteiger partial charge in [-0.3, -0.25) is 0 Å². The molecule has 0 unspecified atom stereocenters. The van der Waals surface area contributed by atoms with Gasteiger partial charge in [0.15, 0.2) is 0 Å². The van der Waals surface area contributed by atoms with E-state index in [1.165, 1.54) is 18.4 Å². The van der Waals surface area contributed by atoms with E-state index in [9.17, 15) is 0 Å². The minimum Gasteiger partial charge on any atom is -0.497 e. The molecule has 0 atom stereocenters. The Morgan fingerprint density at radius 2 is 1.57 bits per heavy atom. The topological polar surface area (TPSA) is 9.23 Å². The van der Waals surface area contributed by atoms with Crippen molar-refractivity contribution in [2.45, 2.75) is 39.0 Å². The molecule has 0 bridgehead atoms. The summed E-state index contributed by atoms with van der Waals surface area (Å²) in [7, 11) is 1.70. The molecule has 0 saturated heterocycles. The highest BCUT2D eigenvalue weighted by molar-refractivity contribution is 5.31. The predicted molar refractivity (Wildman–Crippen MR) is 60.9 cm³/mol. The standard InChI is InChI=1S/C13H20O/c1-5-13(3,6-2)11-7-9-12(14-4)10-8-11/h7-10H,5-6H2,1-4H3. The van der Waals surface area contributed by atoms with Crippen LogP contribution in [0.1, 0.15) is 39.2 Å². The maximum absolute atomic E-state index is 5.15. The van der Waals surface area contributed by atoms with E-state index in [1.54, 1.807) is 7.11 Å². The Bertz CT molecular complexity index is 270. The second kappa shape index (κ2) is 4.50. The third kappa shape index (κ3) is 2.09. The highest BCUT2D eigenvalue weighted by atomic mass is 16.5. The van der Waals surface area contributed by atoms with Crippen LogP contribution in [0.25, 0.3) is 0 Å². The summed E-state index contributed by atoms with van der Waals surface area (Å²) < 4.78 is 5.15. The average Bonchev–Trinajstić information content (AvgIpc) is 2.28. The van der Waals surface area contributed by atoms with Gasteiger partial charge in [-0.2, -0.15) is 0 Å². The van der Waals surface area contributed by atoms with Crippen molar-refractivity contribution < 1.29 is 4.74 Å². The van der Waals surface area contributed by atoms with E-state index in [1.807, 2.05) is 12.1 Å². The monoisotopic (exact) mass is 192 g/mol. The van der Waals surface area contributed by atoms with Gasteiger partial charge in [0, 0.05) is 0 Å². The zero-order valence-electron chi connectivity index (χ0n) is 9.63. The van der Waals surface area contributed by atoms with Crippen LogP contribution >= 0.6 is 0 Å².